The second kappa shape index (κ2) is 4.88. The summed E-state index contributed by atoms with van der Waals surface area (Å²) in [7, 11) is 0. The van der Waals surface area contributed by atoms with Crippen LogP contribution in [-0.4, -0.2) is 22.9 Å². The first-order chi connectivity index (χ1) is 7.59. The van der Waals surface area contributed by atoms with Crippen LogP contribution in [0, 0.1) is 0 Å². The minimum Gasteiger partial charge on any atom is -0.333 e. The number of likely N-dealkylation sites (tertiary alicyclic amines) is 1. The molecule has 0 aromatic carbocycles. The van der Waals surface area contributed by atoms with Gasteiger partial charge in [0, 0.05) is 17.5 Å². The molecule has 0 aliphatic carbocycles. The van der Waals surface area contributed by atoms with Crippen LogP contribution in [0.25, 0.3) is 0 Å². The number of carbonyl (C=O) groups is 1. The quantitative estimate of drug-likeness (QED) is 0.770. The lowest BCUT2D eigenvalue weighted by atomic mass is 9.97. The molecular weight excluding hydrogens is 286 g/mol. The van der Waals surface area contributed by atoms with Crippen molar-refractivity contribution in [3.63, 3.8) is 0 Å². The van der Waals surface area contributed by atoms with Crippen molar-refractivity contribution in [1.82, 2.24) is 4.90 Å². The second-order valence-corrected chi connectivity index (χ2v) is 6.77. The van der Waals surface area contributed by atoms with Gasteiger partial charge in [-0.05, 0) is 55.1 Å². The largest absolute Gasteiger partial charge is 0.333 e. The fourth-order valence-electron chi connectivity index (χ4n) is 2.39. The smallest absolute Gasteiger partial charge is 0.255 e. The van der Waals surface area contributed by atoms with Gasteiger partial charge in [0.2, 0.25) is 0 Å². The van der Waals surface area contributed by atoms with Gasteiger partial charge in [-0.3, -0.25) is 4.79 Å². The van der Waals surface area contributed by atoms with E-state index in [-0.39, 0.29) is 5.91 Å². The SMILES string of the molecule is C[C@@H]1CCC[C@H](C)N1C(=O)c1csc(Br)c1. The highest BCUT2D eigenvalue weighted by atomic mass is 79.9. The highest BCUT2D eigenvalue weighted by molar-refractivity contribution is 9.11. The molecule has 0 spiro atoms. The molecule has 2 nitrogen and oxygen atoms in total. The maximum Gasteiger partial charge on any atom is 0.255 e. The van der Waals surface area contributed by atoms with E-state index in [1.54, 1.807) is 11.3 Å². The summed E-state index contributed by atoms with van der Waals surface area (Å²) in [5.41, 5.74) is 0.817. The Kier molecular flexibility index (Phi) is 3.70. The monoisotopic (exact) mass is 301 g/mol. The van der Waals surface area contributed by atoms with Crippen molar-refractivity contribution in [2.45, 2.75) is 45.2 Å². The molecule has 4 heteroatoms. The van der Waals surface area contributed by atoms with E-state index in [1.165, 1.54) is 6.42 Å². The number of piperidine rings is 1. The molecule has 1 aromatic heterocycles. The van der Waals surface area contributed by atoms with Gasteiger partial charge < -0.3 is 4.90 Å². The van der Waals surface area contributed by atoms with E-state index in [0.29, 0.717) is 12.1 Å². The van der Waals surface area contributed by atoms with Gasteiger partial charge in [-0.1, -0.05) is 0 Å². The lowest BCUT2D eigenvalue weighted by Crippen LogP contribution is -2.47. The summed E-state index contributed by atoms with van der Waals surface area (Å²) in [5.74, 6) is 0.182. The molecule has 0 N–H and O–H groups in total. The number of carbonyl (C=O) groups excluding carboxylic acids is 1. The summed E-state index contributed by atoms with van der Waals surface area (Å²) in [4.78, 5) is 14.4. The summed E-state index contributed by atoms with van der Waals surface area (Å²) in [6.07, 6.45) is 3.49. The van der Waals surface area contributed by atoms with E-state index in [0.717, 1.165) is 22.2 Å². The topological polar surface area (TPSA) is 20.3 Å². The highest BCUT2D eigenvalue weighted by Crippen LogP contribution is 2.27. The van der Waals surface area contributed by atoms with Crippen molar-refractivity contribution >= 4 is 33.2 Å². The fraction of sp³-hybridized carbons (Fsp3) is 0.583. The molecule has 1 fully saturated rings. The maximum absolute atomic E-state index is 12.3. The van der Waals surface area contributed by atoms with Gasteiger partial charge in [0.1, 0.15) is 0 Å². The van der Waals surface area contributed by atoms with Crippen LogP contribution in [0.3, 0.4) is 0 Å². The molecule has 2 heterocycles. The zero-order chi connectivity index (χ0) is 11.7. The molecule has 1 aliphatic heterocycles. The predicted octanol–water partition coefficient (Wildman–Crippen LogP) is 3.91. The molecule has 1 aliphatic rings. The average Bonchev–Trinajstić information content (AvgIpc) is 2.64. The Morgan fingerprint density at radius 1 is 1.44 bits per heavy atom. The van der Waals surface area contributed by atoms with Crippen LogP contribution in [0.2, 0.25) is 0 Å². The fourth-order valence-corrected chi connectivity index (χ4v) is 3.52. The van der Waals surface area contributed by atoms with Gasteiger partial charge in [-0.2, -0.15) is 0 Å². The Morgan fingerprint density at radius 2 is 2.06 bits per heavy atom. The number of amides is 1. The van der Waals surface area contributed by atoms with Crippen LogP contribution < -0.4 is 0 Å². The molecule has 0 saturated carbocycles. The van der Waals surface area contributed by atoms with Gasteiger partial charge in [0.15, 0.2) is 0 Å². The number of hydrogen-bond acceptors (Lipinski definition) is 2. The molecule has 0 radical (unpaired) electrons. The molecule has 0 unspecified atom stereocenters. The van der Waals surface area contributed by atoms with E-state index in [2.05, 4.69) is 29.8 Å². The molecule has 0 bridgehead atoms. The molecule has 1 saturated heterocycles. The number of nitrogens with zero attached hydrogens (tertiary/aromatic N) is 1. The van der Waals surface area contributed by atoms with Crippen molar-refractivity contribution in [1.29, 1.82) is 0 Å². The van der Waals surface area contributed by atoms with Crippen LogP contribution in [0.5, 0.6) is 0 Å². The highest BCUT2D eigenvalue weighted by Gasteiger charge is 2.29. The normalized spacial score (nSPS) is 25.8. The lowest BCUT2D eigenvalue weighted by Gasteiger charge is -2.38. The van der Waals surface area contributed by atoms with Crippen LogP contribution in [0.1, 0.15) is 43.5 Å². The van der Waals surface area contributed by atoms with E-state index in [9.17, 15) is 4.79 Å². The van der Waals surface area contributed by atoms with E-state index in [4.69, 9.17) is 0 Å². The Balaban J connectivity index is 2.19. The molecule has 1 amide bonds. The summed E-state index contributed by atoms with van der Waals surface area (Å²) >= 11 is 4.97. The van der Waals surface area contributed by atoms with E-state index in [1.807, 2.05) is 16.3 Å². The summed E-state index contributed by atoms with van der Waals surface area (Å²) < 4.78 is 1.02. The van der Waals surface area contributed by atoms with Gasteiger partial charge in [-0.25, -0.2) is 0 Å². The molecule has 88 valence electrons. The van der Waals surface area contributed by atoms with Crippen molar-refractivity contribution in [2.75, 3.05) is 0 Å². The predicted molar refractivity (Wildman–Crippen MR) is 71.0 cm³/mol. The third-order valence-electron chi connectivity index (χ3n) is 3.24. The van der Waals surface area contributed by atoms with Crippen molar-refractivity contribution in [3.8, 4) is 0 Å². The zero-order valence-electron chi connectivity index (χ0n) is 9.57. The summed E-state index contributed by atoms with van der Waals surface area (Å²) in [6, 6.07) is 2.66. The summed E-state index contributed by atoms with van der Waals surface area (Å²) in [6.45, 7) is 4.30. The lowest BCUT2D eigenvalue weighted by molar-refractivity contribution is 0.0511. The van der Waals surface area contributed by atoms with Crippen LogP contribution in [-0.2, 0) is 0 Å². The Labute approximate surface area is 109 Å². The molecule has 2 rings (SSSR count). The van der Waals surface area contributed by atoms with Gasteiger partial charge >= 0.3 is 0 Å². The van der Waals surface area contributed by atoms with Crippen molar-refractivity contribution < 1.29 is 4.79 Å². The van der Waals surface area contributed by atoms with Gasteiger partial charge in [0.05, 0.1) is 9.35 Å². The molecular formula is C12H16BrNOS. The minimum atomic E-state index is 0.182. The second-order valence-electron chi connectivity index (χ2n) is 4.48. The van der Waals surface area contributed by atoms with E-state index >= 15 is 0 Å². The maximum atomic E-state index is 12.3. The number of hydrogen-bond donors (Lipinski definition) is 0. The Hall–Kier alpha value is -0.350. The average molecular weight is 302 g/mol. The zero-order valence-corrected chi connectivity index (χ0v) is 12.0. The standard InChI is InChI=1S/C12H16BrNOS/c1-8-4-3-5-9(2)14(8)12(15)10-6-11(13)16-7-10/h6-9H,3-5H2,1-2H3/t8-,9+. The minimum absolute atomic E-state index is 0.182. The van der Waals surface area contributed by atoms with Crippen LogP contribution >= 0.6 is 27.3 Å². The van der Waals surface area contributed by atoms with Gasteiger partial charge in [0.25, 0.3) is 5.91 Å². The first-order valence-corrected chi connectivity index (χ1v) is 7.33. The third-order valence-corrected chi connectivity index (χ3v) is 4.75. The number of halogens is 1. The summed E-state index contributed by atoms with van der Waals surface area (Å²) in [5, 5.41) is 1.93. The van der Waals surface area contributed by atoms with Crippen molar-refractivity contribution in [2.24, 2.45) is 0 Å². The number of thiophene rings is 1. The first-order valence-electron chi connectivity index (χ1n) is 5.66. The van der Waals surface area contributed by atoms with Crippen LogP contribution in [0.4, 0.5) is 0 Å². The van der Waals surface area contributed by atoms with Crippen molar-refractivity contribution in [3.05, 3.63) is 20.8 Å². The first kappa shape index (κ1) is 12.1. The Bertz CT molecular complexity index is 380. The molecule has 2 atom stereocenters. The molecule has 16 heavy (non-hydrogen) atoms. The van der Waals surface area contributed by atoms with Crippen LogP contribution in [0.15, 0.2) is 15.2 Å². The number of rotatable bonds is 1. The molecule has 1 aromatic rings. The Morgan fingerprint density at radius 3 is 2.56 bits per heavy atom. The third kappa shape index (κ3) is 2.33. The van der Waals surface area contributed by atoms with E-state index < -0.39 is 0 Å². The van der Waals surface area contributed by atoms with Gasteiger partial charge in [-0.15, -0.1) is 11.3 Å².